The summed E-state index contributed by atoms with van der Waals surface area (Å²) in [6.07, 6.45) is 12.6. The van der Waals surface area contributed by atoms with Gasteiger partial charge in [-0.2, -0.15) is 0 Å². The highest BCUT2D eigenvalue weighted by Crippen LogP contribution is 2.60. The average Bonchev–Trinajstić information content (AvgIpc) is 2.36. The van der Waals surface area contributed by atoms with Gasteiger partial charge >= 0.3 is 0 Å². The molecule has 0 spiro atoms. The summed E-state index contributed by atoms with van der Waals surface area (Å²) in [4.78, 5) is 6.62. The highest BCUT2D eigenvalue weighted by Gasteiger charge is 2.51. The Morgan fingerprint density at radius 2 is 1.75 bits per heavy atom. The zero-order chi connectivity index (χ0) is 13.7. The summed E-state index contributed by atoms with van der Waals surface area (Å²) in [7, 11) is 2.20. The van der Waals surface area contributed by atoms with Gasteiger partial charge < -0.3 is 10.6 Å². The van der Waals surface area contributed by atoms with E-state index in [1.807, 2.05) is 12.3 Å². The van der Waals surface area contributed by atoms with Crippen molar-refractivity contribution < 1.29 is 0 Å². The van der Waals surface area contributed by atoms with E-state index in [1.54, 1.807) is 6.20 Å². The van der Waals surface area contributed by atoms with Crippen LogP contribution in [0.3, 0.4) is 0 Å². The van der Waals surface area contributed by atoms with Crippen molar-refractivity contribution in [3.63, 3.8) is 0 Å². The summed E-state index contributed by atoms with van der Waals surface area (Å²) in [6, 6.07) is 2.05. The number of hydrogen-bond acceptors (Lipinski definition) is 3. The van der Waals surface area contributed by atoms with Gasteiger partial charge in [-0.05, 0) is 67.8 Å². The van der Waals surface area contributed by atoms with Gasteiger partial charge in [-0.3, -0.25) is 4.98 Å². The third-order valence-electron chi connectivity index (χ3n) is 5.92. The van der Waals surface area contributed by atoms with Crippen LogP contribution in [0.15, 0.2) is 18.5 Å². The topological polar surface area (TPSA) is 42.2 Å². The smallest absolute Gasteiger partial charge is 0.0571 e. The van der Waals surface area contributed by atoms with E-state index in [1.165, 1.54) is 50.8 Å². The minimum Gasteiger partial charge on any atom is -0.397 e. The summed E-state index contributed by atoms with van der Waals surface area (Å²) in [5.41, 5.74) is 8.38. The van der Waals surface area contributed by atoms with Crippen molar-refractivity contribution in [3.8, 4) is 0 Å². The zero-order valence-corrected chi connectivity index (χ0v) is 12.4. The Morgan fingerprint density at radius 3 is 2.30 bits per heavy atom. The van der Waals surface area contributed by atoms with Gasteiger partial charge in [0, 0.05) is 19.8 Å². The van der Waals surface area contributed by atoms with Crippen LogP contribution < -0.4 is 10.6 Å². The van der Waals surface area contributed by atoms with Crippen LogP contribution in [0.25, 0.3) is 0 Å². The fourth-order valence-corrected chi connectivity index (χ4v) is 5.73. The van der Waals surface area contributed by atoms with Crippen LogP contribution in [-0.4, -0.2) is 18.6 Å². The van der Waals surface area contributed by atoms with E-state index >= 15 is 0 Å². The maximum absolute atomic E-state index is 5.87. The van der Waals surface area contributed by atoms with Gasteiger partial charge in [-0.1, -0.05) is 0 Å². The maximum Gasteiger partial charge on any atom is 0.0571 e. The van der Waals surface area contributed by atoms with Crippen molar-refractivity contribution in [2.75, 3.05) is 24.2 Å². The number of rotatable bonds is 3. The average molecular weight is 271 g/mol. The van der Waals surface area contributed by atoms with Gasteiger partial charge in [-0.25, -0.2) is 0 Å². The highest BCUT2D eigenvalue weighted by atomic mass is 15.1. The number of nitrogens with two attached hydrogens (primary N) is 1. The molecule has 4 saturated carbocycles. The molecule has 2 N–H and O–H groups in total. The van der Waals surface area contributed by atoms with Crippen molar-refractivity contribution in [2.45, 2.75) is 38.5 Å². The lowest BCUT2D eigenvalue weighted by molar-refractivity contribution is -0.0472. The van der Waals surface area contributed by atoms with Gasteiger partial charge in [0.25, 0.3) is 0 Å². The Labute approximate surface area is 121 Å². The molecule has 20 heavy (non-hydrogen) atoms. The molecule has 4 aliphatic rings. The lowest BCUT2D eigenvalue weighted by Crippen LogP contribution is -2.50. The Kier molecular flexibility index (Phi) is 2.73. The fraction of sp³-hybridized carbons (Fsp3) is 0.706. The largest absolute Gasteiger partial charge is 0.397 e. The first-order valence-corrected chi connectivity index (χ1v) is 8.04. The van der Waals surface area contributed by atoms with E-state index in [-0.39, 0.29) is 0 Å². The summed E-state index contributed by atoms with van der Waals surface area (Å²) >= 11 is 0. The molecule has 0 radical (unpaired) electrons. The molecule has 0 aliphatic heterocycles. The molecule has 3 heteroatoms. The molecule has 1 aromatic heterocycles. The number of hydrogen-bond donors (Lipinski definition) is 1. The predicted molar refractivity (Wildman–Crippen MR) is 82.5 cm³/mol. The second-order valence-corrected chi connectivity index (χ2v) is 7.75. The normalized spacial score (nSPS) is 38.1. The minimum atomic E-state index is 0.577. The third kappa shape index (κ3) is 2.07. The molecule has 0 aromatic carbocycles. The van der Waals surface area contributed by atoms with Crippen LogP contribution in [0.2, 0.25) is 0 Å². The lowest BCUT2D eigenvalue weighted by Gasteiger charge is -2.57. The van der Waals surface area contributed by atoms with Crippen LogP contribution in [-0.2, 0) is 0 Å². The molecular formula is C17H25N3. The van der Waals surface area contributed by atoms with Gasteiger partial charge in [0.2, 0.25) is 0 Å². The molecule has 0 saturated heterocycles. The molecule has 4 aliphatic carbocycles. The standard InChI is InChI=1S/C17H25N3/c1-20(16-5-15(18)9-19-10-16)11-17-6-12-2-13(7-17)4-14(3-12)8-17/h5,9-10,12-14H,2-4,6-8,11,18H2,1H3. The van der Waals surface area contributed by atoms with Gasteiger partial charge in [-0.15, -0.1) is 0 Å². The molecule has 4 bridgehead atoms. The van der Waals surface area contributed by atoms with E-state index < -0.39 is 0 Å². The molecular weight excluding hydrogens is 246 g/mol. The Morgan fingerprint density at radius 1 is 1.15 bits per heavy atom. The first-order chi connectivity index (χ1) is 9.62. The number of pyridine rings is 1. The SMILES string of the molecule is CN(CC12CC3CC(CC(C3)C1)C2)c1cncc(N)c1. The second kappa shape index (κ2) is 4.37. The monoisotopic (exact) mass is 271 g/mol. The Hall–Kier alpha value is -1.25. The Balaban J connectivity index is 1.53. The quantitative estimate of drug-likeness (QED) is 0.917. The predicted octanol–water partition coefficient (Wildman–Crippen LogP) is 3.32. The first-order valence-electron chi connectivity index (χ1n) is 8.04. The van der Waals surface area contributed by atoms with E-state index in [4.69, 9.17) is 5.73 Å². The summed E-state index contributed by atoms with van der Waals surface area (Å²) in [5.74, 6) is 3.07. The lowest BCUT2D eigenvalue weighted by atomic mass is 9.49. The van der Waals surface area contributed by atoms with Gasteiger partial charge in [0.1, 0.15) is 0 Å². The zero-order valence-electron chi connectivity index (χ0n) is 12.4. The van der Waals surface area contributed by atoms with Gasteiger partial charge in [0.05, 0.1) is 17.6 Å². The molecule has 0 unspecified atom stereocenters. The molecule has 0 amide bonds. The van der Waals surface area contributed by atoms with Crippen molar-refractivity contribution >= 4 is 11.4 Å². The molecule has 0 atom stereocenters. The number of anilines is 2. The van der Waals surface area contributed by atoms with Crippen LogP contribution in [0.5, 0.6) is 0 Å². The Bertz CT molecular complexity index is 475. The molecule has 4 fully saturated rings. The van der Waals surface area contributed by atoms with E-state index in [2.05, 4.69) is 16.9 Å². The molecule has 108 valence electrons. The van der Waals surface area contributed by atoms with Crippen LogP contribution in [0, 0.1) is 23.2 Å². The first kappa shape index (κ1) is 12.5. The molecule has 1 heterocycles. The molecule has 1 aromatic rings. The van der Waals surface area contributed by atoms with E-state index in [0.29, 0.717) is 5.41 Å². The minimum absolute atomic E-state index is 0.577. The number of nitrogens with zero attached hydrogens (tertiary/aromatic N) is 2. The van der Waals surface area contributed by atoms with Crippen LogP contribution in [0.4, 0.5) is 11.4 Å². The van der Waals surface area contributed by atoms with Gasteiger partial charge in [0.15, 0.2) is 0 Å². The highest BCUT2D eigenvalue weighted by molar-refractivity contribution is 5.52. The summed E-state index contributed by atoms with van der Waals surface area (Å²) in [5, 5.41) is 0. The maximum atomic E-state index is 5.87. The fourth-order valence-electron chi connectivity index (χ4n) is 5.73. The third-order valence-corrected chi connectivity index (χ3v) is 5.92. The van der Waals surface area contributed by atoms with Crippen LogP contribution in [0.1, 0.15) is 38.5 Å². The molecule has 5 rings (SSSR count). The number of nitrogen functional groups attached to an aromatic ring is 1. The van der Waals surface area contributed by atoms with E-state index in [9.17, 15) is 0 Å². The van der Waals surface area contributed by atoms with Crippen LogP contribution >= 0.6 is 0 Å². The number of aromatic nitrogens is 1. The molecule has 3 nitrogen and oxygen atoms in total. The van der Waals surface area contributed by atoms with Crippen molar-refractivity contribution in [3.05, 3.63) is 18.5 Å². The van der Waals surface area contributed by atoms with Crippen molar-refractivity contribution in [2.24, 2.45) is 23.2 Å². The van der Waals surface area contributed by atoms with E-state index in [0.717, 1.165) is 23.4 Å². The summed E-state index contributed by atoms with van der Waals surface area (Å²) in [6.45, 7) is 1.18. The van der Waals surface area contributed by atoms with Crippen molar-refractivity contribution in [1.82, 2.24) is 4.98 Å². The second-order valence-electron chi connectivity index (χ2n) is 7.75. The van der Waals surface area contributed by atoms with Crippen molar-refractivity contribution in [1.29, 1.82) is 0 Å². The summed E-state index contributed by atoms with van der Waals surface area (Å²) < 4.78 is 0.